The molecule has 0 aliphatic heterocycles. The summed E-state index contributed by atoms with van der Waals surface area (Å²) in [6.45, 7) is 11.1. The minimum Gasteiger partial charge on any atom is -0.508 e. The molecule has 0 saturated carbocycles. The van der Waals surface area contributed by atoms with Crippen molar-refractivity contribution in [2.24, 2.45) is 5.92 Å². The maximum atomic E-state index is 14.0. The smallest absolute Gasteiger partial charge is 0.408 e. The number of phenolic OH excluding ortho intramolecular Hbond substituents is 1. The molecule has 3 rings (SSSR count). The number of rotatable bonds is 9. The van der Waals surface area contributed by atoms with Crippen LogP contribution in [0.5, 0.6) is 5.75 Å². The number of amides is 3. The van der Waals surface area contributed by atoms with Gasteiger partial charge in [-0.2, -0.15) is 0 Å². The van der Waals surface area contributed by atoms with Gasteiger partial charge in [-0.25, -0.2) is 4.79 Å². The van der Waals surface area contributed by atoms with E-state index in [2.05, 4.69) is 10.6 Å². The third-order valence-electron chi connectivity index (χ3n) is 6.08. The molecule has 3 aromatic rings. The van der Waals surface area contributed by atoms with Crippen LogP contribution in [0.25, 0.3) is 10.8 Å². The number of carbonyl (C=O) groups is 3. The maximum Gasteiger partial charge on any atom is 0.408 e. The van der Waals surface area contributed by atoms with E-state index >= 15 is 0 Å². The van der Waals surface area contributed by atoms with Gasteiger partial charge in [0.15, 0.2) is 0 Å². The second-order valence-corrected chi connectivity index (χ2v) is 11.0. The van der Waals surface area contributed by atoms with Crippen LogP contribution in [-0.4, -0.2) is 46.1 Å². The molecule has 0 aliphatic carbocycles. The number of hydrogen-bond donors (Lipinski definition) is 3. The summed E-state index contributed by atoms with van der Waals surface area (Å²) >= 11 is 0. The number of ether oxygens (including phenoxy) is 1. The monoisotopic (exact) mass is 533 g/mol. The quantitative estimate of drug-likeness (QED) is 0.312. The molecule has 0 saturated heterocycles. The first-order valence-corrected chi connectivity index (χ1v) is 13.3. The van der Waals surface area contributed by atoms with E-state index in [4.69, 9.17) is 4.74 Å². The van der Waals surface area contributed by atoms with Crippen LogP contribution in [-0.2, 0) is 14.3 Å². The fourth-order valence-corrected chi connectivity index (χ4v) is 4.45. The third-order valence-corrected chi connectivity index (χ3v) is 6.08. The van der Waals surface area contributed by atoms with E-state index in [1.807, 2.05) is 56.3 Å². The number of likely N-dealkylation sites (N-methyl/N-ethyl adjacent to an activating group) is 1. The third kappa shape index (κ3) is 8.21. The van der Waals surface area contributed by atoms with Crippen LogP contribution in [0.4, 0.5) is 10.5 Å². The van der Waals surface area contributed by atoms with Gasteiger partial charge >= 0.3 is 6.09 Å². The predicted molar refractivity (Wildman–Crippen MR) is 153 cm³/mol. The van der Waals surface area contributed by atoms with E-state index in [9.17, 15) is 19.5 Å². The Morgan fingerprint density at radius 2 is 1.64 bits per heavy atom. The number of hydrogen-bond acceptors (Lipinski definition) is 5. The van der Waals surface area contributed by atoms with Gasteiger partial charge in [-0.3, -0.25) is 9.59 Å². The first-order chi connectivity index (χ1) is 18.4. The van der Waals surface area contributed by atoms with Crippen molar-refractivity contribution in [2.45, 2.75) is 65.6 Å². The zero-order chi connectivity index (χ0) is 28.7. The molecule has 0 radical (unpaired) electrons. The van der Waals surface area contributed by atoms with Crippen LogP contribution in [0.3, 0.4) is 0 Å². The molecule has 3 N–H and O–H groups in total. The van der Waals surface area contributed by atoms with Gasteiger partial charge in [0, 0.05) is 12.2 Å². The molecule has 0 fully saturated rings. The summed E-state index contributed by atoms with van der Waals surface area (Å²) < 4.78 is 5.40. The van der Waals surface area contributed by atoms with Crippen LogP contribution in [0.15, 0.2) is 66.7 Å². The number of benzene rings is 3. The number of alkyl carbamates (subject to hydrolysis) is 1. The lowest BCUT2D eigenvalue weighted by Gasteiger charge is -2.34. The SMILES string of the molecule is CCN(C(=O)C(CC(C)C)NC(=O)OC(C)(C)C)C(C(=O)Nc1ccc2ccccc2c1)c1cccc(O)c1. The van der Waals surface area contributed by atoms with E-state index < -0.39 is 35.6 Å². The molecule has 0 aliphatic rings. The molecule has 8 heteroatoms. The van der Waals surface area contributed by atoms with E-state index in [0.29, 0.717) is 17.7 Å². The molecule has 2 unspecified atom stereocenters. The number of nitrogens with one attached hydrogen (secondary N) is 2. The normalized spacial score (nSPS) is 13.0. The topological polar surface area (TPSA) is 108 Å². The Hall–Kier alpha value is -4.07. The van der Waals surface area contributed by atoms with Crippen molar-refractivity contribution in [1.82, 2.24) is 10.2 Å². The number of fused-ring (bicyclic) bond motifs is 1. The van der Waals surface area contributed by atoms with Gasteiger partial charge in [0.25, 0.3) is 5.91 Å². The maximum absolute atomic E-state index is 14.0. The number of carbonyl (C=O) groups excluding carboxylic acids is 3. The van der Waals surface area contributed by atoms with Crippen LogP contribution in [0.1, 0.15) is 59.6 Å². The van der Waals surface area contributed by atoms with Crippen molar-refractivity contribution in [2.75, 3.05) is 11.9 Å². The fraction of sp³-hybridized carbons (Fsp3) is 0.387. The summed E-state index contributed by atoms with van der Waals surface area (Å²) in [6, 6.07) is 17.7. The standard InChI is InChI=1S/C31H39N3O5/c1-7-34(29(37)26(17-20(2)3)33-30(38)39-31(4,5)6)27(23-13-10-14-25(35)19-23)28(36)32-24-16-15-21-11-8-9-12-22(21)18-24/h8-16,18-20,26-27,35H,7,17H2,1-6H3,(H,32,36)(H,33,38). The van der Waals surface area contributed by atoms with Crippen LogP contribution in [0, 0.1) is 5.92 Å². The minimum absolute atomic E-state index is 0.0230. The molecule has 0 bridgehead atoms. The minimum atomic E-state index is -1.06. The molecule has 39 heavy (non-hydrogen) atoms. The highest BCUT2D eigenvalue weighted by molar-refractivity contribution is 6.00. The summed E-state index contributed by atoms with van der Waals surface area (Å²) in [6.07, 6.45) is -0.347. The molecule has 0 spiro atoms. The summed E-state index contributed by atoms with van der Waals surface area (Å²) in [4.78, 5) is 41.8. The number of nitrogens with zero attached hydrogens (tertiary/aromatic N) is 1. The average Bonchev–Trinajstić information content (AvgIpc) is 2.84. The Morgan fingerprint density at radius 3 is 2.26 bits per heavy atom. The molecule has 8 nitrogen and oxygen atoms in total. The summed E-state index contributed by atoms with van der Waals surface area (Å²) in [5.74, 6) is -0.797. The van der Waals surface area contributed by atoms with Gasteiger partial charge in [0.1, 0.15) is 23.4 Å². The highest BCUT2D eigenvalue weighted by Gasteiger charge is 2.36. The molecule has 3 aromatic carbocycles. The number of anilines is 1. The Balaban J connectivity index is 1.96. The largest absolute Gasteiger partial charge is 0.508 e. The highest BCUT2D eigenvalue weighted by atomic mass is 16.6. The average molecular weight is 534 g/mol. The summed E-state index contributed by atoms with van der Waals surface area (Å²) in [7, 11) is 0. The first kappa shape index (κ1) is 29.5. The van der Waals surface area contributed by atoms with Crippen molar-refractivity contribution < 1.29 is 24.2 Å². The fourth-order valence-electron chi connectivity index (χ4n) is 4.45. The molecular formula is C31H39N3O5. The van der Waals surface area contributed by atoms with Gasteiger partial charge in [-0.1, -0.05) is 56.3 Å². The summed E-state index contributed by atoms with van der Waals surface area (Å²) in [5, 5.41) is 17.9. The molecule has 0 heterocycles. The molecule has 0 aromatic heterocycles. The Labute approximate surface area is 230 Å². The predicted octanol–water partition coefficient (Wildman–Crippen LogP) is 6.01. The summed E-state index contributed by atoms with van der Waals surface area (Å²) in [5.41, 5.74) is 0.297. The van der Waals surface area contributed by atoms with Crippen LogP contribution < -0.4 is 10.6 Å². The molecule has 208 valence electrons. The van der Waals surface area contributed by atoms with Gasteiger partial charge in [0.05, 0.1) is 0 Å². The van der Waals surface area contributed by atoms with E-state index in [-0.39, 0.29) is 18.2 Å². The van der Waals surface area contributed by atoms with E-state index in [1.165, 1.54) is 17.0 Å². The zero-order valence-corrected chi connectivity index (χ0v) is 23.5. The zero-order valence-electron chi connectivity index (χ0n) is 23.5. The molecular weight excluding hydrogens is 494 g/mol. The van der Waals surface area contributed by atoms with E-state index in [1.54, 1.807) is 39.8 Å². The van der Waals surface area contributed by atoms with Crippen LogP contribution >= 0.6 is 0 Å². The van der Waals surface area contributed by atoms with Crippen molar-refractivity contribution in [3.63, 3.8) is 0 Å². The molecule has 2 atom stereocenters. The lowest BCUT2D eigenvalue weighted by atomic mass is 9.99. The Morgan fingerprint density at radius 1 is 0.949 bits per heavy atom. The second-order valence-electron chi connectivity index (χ2n) is 11.0. The van der Waals surface area contributed by atoms with Crippen molar-refractivity contribution >= 4 is 34.4 Å². The number of aromatic hydroxyl groups is 1. The first-order valence-electron chi connectivity index (χ1n) is 13.3. The van der Waals surface area contributed by atoms with E-state index in [0.717, 1.165) is 10.8 Å². The van der Waals surface area contributed by atoms with Gasteiger partial charge in [-0.05, 0) is 80.6 Å². The van der Waals surface area contributed by atoms with Crippen molar-refractivity contribution in [3.8, 4) is 5.75 Å². The van der Waals surface area contributed by atoms with Crippen LogP contribution in [0.2, 0.25) is 0 Å². The lowest BCUT2D eigenvalue weighted by molar-refractivity contribution is -0.140. The Bertz CT molecular complexity index is 1310. The highest BCUT2D eigenvalue weighted by Crippen LogP contribution is 2.28. The van der Waals surface area contributed by atoms with Gasteiger partial charge < -0.3 is 25.4 Å². The number of phenols is 1. The molecule has 3 amide bonds. The van der Waals surface area contributed by atoms with Crippen molar-refractivity contribution in [1.29, 1.82) is 0 Å². The second kappa shape index (κ2) is 12.7. The van der Waals surface area contributed by atoms with Gasteiger partial charge in [0.2, 0.25) is 5.91 Å². The van der Waals surface area contributed by atoms with Crippen molar-refractivity contribution in [3.05, 3.63) is 72.3 Å². The Kier molecular flexibility index (Phi) is 9.56. The van der Waals surface area contributed by atoms with Gasteiger partial charge in [-0.15, -0.1) is 0 Å². The lowest BCUT2D eigenvalue weighted by Crippen LogP contribution is -2.52.